The van der Waals surface area contributed by atoms with Crippen LogP contribution in [-0.4, -0.2) is 31.0 Å². The highest BCUT2D eigenvalue weighted by molar-refractivity contribution is 7.10. The first-order valence-electron chi connectivity index (χ1n) is 10.8. The molecule has 1 saturated heterocycles. The highest BCUT2D eigenvalue weighted by atomic mass is 32.1. The Balaban J connectivity index is 1.99. The summed E-state index contributed by atoms with van der Waals surface area (Å²) in [6.45, 7) is 6.18. The number of methoxy groups -OCH3 is 2. The monoisotopic (exact) mass is 477 g/mol. The van der Waals surface area contributed by atoms with Crippen molar-refractivity contribution in [3.63, 3.8) is 0 Å². The molecular formula is C27H27NO5S. The van der Waals surface area contributed by atoms with E-state index in [-0.39, 0.29) is 16.7 Å². The van der Waals surface area contributed by atoms with Crippen molar-refractivity contribution in [2.45, 2.75) is 32.2 Å². The van der Waals surface area contributed by atoms with Crippen molar-refractivity contribution in [1.29, 1.82) is 0 Å². The minimum Gasteiger partial charge on any atom is -0.507 e. The Kier molecular flexibility index (Phi) is 6.23. The Morgan fingerprint density at radius 1 is 0.971 bits per heavy atom. The molecule has 1 amide bonds. The number of ether oxygens (including phenoxy) is 2. The van der Waals surface area contributed by atoms with Crippen molar-refractivity contribution < 1.29 is 24.2 Å². The molecule has 1 unspecified atom stereocenters. The van der Waals surface area contributed by atoms with Crippen LogP contribution in [0.15, 0.2) is 65.6 Å². The highest BCUT2D eigenvalue weighted by Crippen LogP contribution is 2.47. The minimum atomic E-state index is -0.806. The summed E-state index contributed by atoms with van der Waals surface area (Å²) in [6.07, 6.45) is 0. The summed E-state index contributed by atoms with van der Waals surface area (Å²) in [4.78, 5) is 28.9. The zero-order chi connectivity index (χ0) is 24.6. The third-order valence-corrected chi connectivity index (χ3v) is 6.85. The van der Waals surface area contributed by atoms with Gasteiger partial charge in [-0.05, 0) is 46.7 Å². The average molecular weight is 478 g/mol. The lowest BCUT2D eigenvalue weighted by Gasteiger charge is -2.26. The summed E-state index contributed by atoms with van der Waals surface area (Å²) in [5.41, 5.74) is 1.61. The third kappa shape index (κ3) is 3.96. The van der Waals surface area contributed by atoms with Gasteiger partial charge in [0.15, 0.2) is 0 Å². The number of anilines is 1. The van der Waals surface area contributed by atoms with E-state index in [4.69, 9.17) is 9.47 Å². The number of ketones is 1. The van der Waals surface area contributed by atoms with Gasteiger partial charge in [-0.1, -0.05) is 45.0 Å². The van der Waals surface area contributed by atoms with Gasteiger partial charge in [0, 0.05) is 4.88 Å². The molecule has 0 bridgehead atoms. The molecule has 34 heavy (non-hydrogen) atoms. The summed E-state index contributed by atoms with van der Waals surface area (Å²) in [7, 11) is 3.02. The maximum Gasteiger partial charge on any atom is 0.300 e. The highest BCUT2D eigenvalue weighted by Gasteiger charge is 2.48. The molecule has 1 N–H and O–H groups in total. The van der Waals surface area contributed by atoms with Crippen LogP contribution in [0.1, 0.15) is 42.8 Å². The molecule has 6 nitrogen and oxygen atoms in total. The second kappa shape index (κ2) is 8.99. The van der Waals surface area contributed by atoms with E-state index in [2.05, 4.69) is 20.8 Å². The van der Waals surface area contributed by atoms with Gasteiger partial charge in [0.25, 0.3) is 11.7 Å². The van der Waals surface area contributed by atoms with E-state index in [1.165, 1.54) is 30.5 Å². The van der Waals surface area contributed by atoms with Crippen LogP contribution < -0.4 is 14.4 Å². The first kappa shape index (κ1) is 23.6. The molecule has 7 heteroatoms. The molecule has 2 aromatic carbocycles. The van der Waals surface area contributed by atoms with Gasteiger partial charge in [0.2, 0.25) is 0 Å². The van der Waals surface area contributed by atoms with Crippen molar-refractivity contribution in [3.05, 3.63) is 81.6 Å². The molecular weight excluding hydrogens is 450 g/mol. The van der Waals surface area contributed by atoms with E-state index in [0.717, 1.165) is 10.4 Å². The lowest BCUT2D eigenvalue weighted by molar-refractivity contribution is -0.132. The predicted molar refractivity (Wildman–Crippen MR) is 134 cm³/mol. The number of para-hydroxylation sites is 2. The van der Waals surface area contributed by atoms with E-state index < -0.39 is 17.7 Å². The summed E-state index contributed by atoms with van der Waals surface area (Å²) in [5.74, 6) is -0.880. The average Bonchev–Trinajstić information content (AvgIpc) is 3.44. The number of hydrogen-bond donors (Lipinski definition) is 1. The normalized spacial score (nSPS) is 17.8. The molecule has 1 fully saturated rings. The number of amides is 1. The van der Waals surface area contributed by atoms with Crippen LogP contribution in [0, 0.1) is 0 Å². The molecule has 0 aliphatic carbocycles. The number of aliphatic hydroxyl groups is 1. The number of nitrogens with zero attached hydrogens (tertiary/aromatic N) is 1. The largest absolute Gasteiger partial charge is 0.507 e. The first-order chi connectivity index (χ1) is 16.2. The first-order valence-corrected chi connectivity index (χ1v) is 11.7. The number of rotatable bonds is 5. The minimum absolute atomic E-state index is 0.0164. The van der Waals surface area contributed by atoms with Crippen LogP contribution >= 0.6 is 11.3 Å². The maximum absolute atomic E-state index is 13.4. The molecule has 1 aromatic heterocycles. The predicted octanol–water partition coefficient (Wildman–Crippen LogP) is 5.69. The number of benzene rings is 2. The molecule has 1 atom stereocenters. The quantitative estimate of drug-likeness (QED) is 0.290. The zero-order valence-electron chi connectivity index (χ0n) is 19.8. The van der Waals surface area contributed by atoms with Crippen molar-refractivity contribution in [2.24, 2.45) is 0 Å². The molecule has 4 rings (SSSR count). The second-order valence-corrected chi connectivity index (χ2v) is 10.0. The van der Waals surface area contributed by atoms with E-state index in [1.807, 2.05) is 29.6 Å². The lowest BCUT2D eigenvalue weighted by Crippen LogP contribution is -2.29. The number of carbonyl (C=O) groups excluding carboxylic acids is 2. The van der Waals surface area contributed by atoms with Crippen LogP contribution in [-0.2, 0) is 15.0 Å². The van der Waals surface area contributed by atoms with Crippen LogP contribution in [0.4, 0.5) is 5.69 Å². The topological polar surface area (TPSA) is 76.1 Å². The Morgan fingerprint density at radius 3 is 2.29 bits per heavy atom. The number of aliphatic hydroxyl groups excluding tert-OH is 1. The lowest BCUT2D eigenvalue weighted by atomic mass is 9.85. The molecule has 1 aliphatic heterocycles. The Morgan fingerprint density at radius 2 is 1.68 bits per heavy atom. The number of thiophene rings is 1. The van der Waals surface area contributed by atoms with E-state index >= 15 is 0 Å². The molecule has 2 heterocycles. The van der Waals surface area contributed by atoms with E-state index in [0.29, 0.717) is 22.7 Å². The summed E-state index contributed by atoms with van der Waals surface area (Å²) in [6, 6.07) is 15.4. The number of hydrogen-bond acceptors (Lipinski definition) is 6. The van der Waals surface area contributed by atoms with Crippen LogP contribution in [0.25, 0.3) is 5.76 Å². The summed E-state index contributed by atoms with van der Waals surface area (Å²) >= 11 is 1.41. The third-order valence-electron chi connectivity index (χ3n) is 5.92. The SMILES string of the molecule is COc1ccc(C(C)(C)C)cc1/C(O)=C1\C(=O)C(=O)N(c2ccccc2OC)C1c1cccs1. The fourth-order valence-electron chi connectivity index (χ4n) is 4.13. The van der Waals surface area contributed by atoms with Gasteiger partial charge in [0.1, 0.15) is 23.3 Å². The zero-order valence-corrected chi connectivity index (χ0v) is 20.6. The molecule has 0 saturated carbocycles. The van der Waals surface area contributed by atoms with Gasteiger partial charge < -0.3 is 14.6 Å². The standard InChI is InChI=1S/C27H27NO5S/c1-27(2,3)16-12-13-19(32-4)17(15-16)24(29)22-23(21-11-8-14-34-21)28(26(31)25(22)30)18-9-6-7-10-20(18)33-5/h6-15,23,29H,1-5H3/b24-22+. The van der Waals surface area contributed by atoms with E-state index in [1.54, 1.807) is 30.3 Å². The smallest absolute Gasteiger partial charge is 0.300 e. The van der Waals surface area contributed by atoms with Gasteiger partial charge in [-0.2, -0.15) is 0 Å². The number of Topliss-reactive ketones (excluding diaryl/α,β-unsaturated/α-hetero) is 1. The van der Waals surface area contributed by atoms with Gasteiger partial charge in [-0.3, -0.25) is 14.5 Å². The van der Waals surface area contributed by atoms with Gasteiger partial charge in [0.05, 0.1) is 31.0 Å². The molecule has 176 valence electrons. The maximum atomic E-state index is 13.4. The van der Waals surface area contributed by atoms with Gasteiger partial charge in [-0.15, -0.1) is 11.3 Å². The van der Waals surface area contributed by atoms with Gasteiger partial charge in [-0.25, -0.2) is 0 Å². The summed E-state index contributed by atoms with van der Waals surface area (Å²) in [5, 5.41) is 13.4. The van der Waals surface area contributed by atoms with Crippen molar-refractivity contribution in [3.8, 4) is 11.5 Å². The Labute approximate surface area is 203 Å². The Bertz CT molecular complexity index is 1270. The van der Waals surface area contributed by atoms with Crippen molar-refractivity contribution in [1.82, 2.24) is 0 Å². The molecule has 3 aromatic rings. The van der Waals surface area contributed by atoms with Crippen molar-refractivity contribution >= 4 is 34.5 Å². The number of carbonyl (C=O) groups is 2. The second-order valence-electron chi connectivity index (χ2n) is 9.02. The van der Waals surface area contributed by atoms with Gasteiger partial charge >= 0.3 is 0 Å². The van der Waals surface area contributed by atoms with Crippen LogP contribution in [0.2, 0.25) is 0 Å². The van der Waals surface area contributed by atoms with E-state index in [9.17, 15) is 14.7 Å². The van der Waals surface area contributed by atoms with Crippen LogP contribution in [0.5, 0.6) is 11.5 Å². The Hall–Kier alpha value is -3.58. The fraction of sp³-hybridized carbons (Fsp3) is 0.259. The summed E-state index contributed by atoms with van der Waals surface area (Å²) < 4.78 is 11.0. The molecule has 0 spiro atoms. The molecule has 1 aliphatic rings. The molecule has 0 radical (unpaired) electrons. The van der Waals surface area contributed by atoms with Crippen LogP contribution in [0.3, 0.4) is 0 Å². The fourth-order valence-corrected chi connectivity index (χ4v) is 4.95. The van der Waals surface area contributed by atoms with Crippen molar-refractivity contribution in [2.75, 3.05) is 19.1 Å².